The molecule has 0 saturated heterocycles. The summed E-state index contributed by atoms with van der Waals surface area (Å²) >= 11 is 0. The van der Waals surface area contributed by atoms with Crippen molar-refractivity contribution in [3.8, 4) is 0 Å². The van der Waals surface area contributed by atoms with Crippen molar-refractivity contribution in [2.75, 3.05) is 18.6 Å². The Kier molecular flexibility index (Phi) is 4.69. The fourth-order valence-electron chi connectivity index (χ4n) is 1.99. The molecule has 1 N–H and O–H groups in total. The number of urea groups is 1. The topological polar surface area (TPSA) is 47.9 Å². The van der Waals surface area contributed by atoms with Crippen LogP contribution >= 0.6 is 12.4 Å². The molecule has 0 radical (unpaired) electrons. The van der Waals surface area contributed by atoms with Gasteiger partial charge in [-0.3, -0.25) is 9.89 Å². The maximum absolute atomic E-state index is 12.2. The number of anilines is 1. The summed E-state index contributed by atoms with van der Waals surface area (Å²) < 4.78 is 0. The minimum absolute atomic E-state index is 0. The van der Waals surface area contributed by atoms with E-state index >= 15 is 0 Å². The molecule has 1 aliphatic rings. The summed E-state index contributed by atoms with van der Waals surface area (Å²) in [5.74, 6) is 0. The number of halogens is 1. The zero-order valence-electron chi connectivity index (χ0n) is 10.7. The zero-order chi connectivity index (χ0) is 12.4. The van der Waals surface area contributed by atoms with Gasteiger partial charge in [-0.1, -0.05) is 18.2 Å². The second kappa shape index (κ2) is 5.84. The molecule has 0 spiro atoms. The largest absolute Gasteiger partial charge is 0.345 e. The maximum atomic E-state index is 12.2. The SMILES string of the molecule is CNN1C=NCN(c2c(C)cccc2C)C1=O.Cl. The van der Waals surface area contributed by atoms with Crippen LogP contribution in [0.5, 0.6) is 0 Å². The molecule has 1 heterocycles. The van der Waals surface area contributed by atoms with Gasteiger partial charge < -0.3 is 0 Å². The second-order valence-electron chi connectivity index (χ2n) is 3.98. The van der Waals surface area contributed by atoms with Gasteiger partial charge in [0.1, 0.15) is 13.0 Å². The van der Waals surface area contributed by atoms with Crippen LogP contribution in [0.1, 0.15) is 11.1 Å². The molecule has 5 nitrogen and oxygen atoms in total. The van der Waals surface area contributed by atoms with Crippen LogP contribution in [-0.4, -0.2) is 31.1 Å². The second-order valence-corrected chi connectivity index (χ2v) is 3.98. The summed E-state index contributed by atoms with van der Waals surface area (Å²) in [6, 6.07) is 5.87. The molecule has 1 aromatic carbocycles. The lowest BCUT2D eigenvalue weighted by atomic mass is 10.1. The summed E-state index contributed by atoms with van der Waals surface area (Å²) in [7, 11) is 1.69. The number of nitrogens with zero attached hydrogens (tertiary/aromatic N) is 3. The van der Waals surface area contributed by atoms with Crippen LogP contribution in [0.25, 0.3) is 0 Å². The molecular formula is C12H17ClN4O. The third-order valence-electron chi connectivity index (χ3n) is 2.81. The Morgan fingerprint density at radius 1 is 1.28 bits per heavy atom. The van der Waals surface area contributed by atoms with E-state index in [9.17, 15) is 4.79 Å². The Hall–Kier alpha value is -1.59. The number of carbonyl (C=O) groups excluding carboxylic acids is 1. The summed E-state index contributed by atoms with van der Waals surface area (Å²) in [5, 5.41) is 1.37. The lowest BCUT2D eigenvalue weighted by Crippen LogP contribution is -2.51. The Labute approximate surface area is 113 Å². The van der Waals surface area contributed by atoms with Crippen LogP contribution in [0, 0.1) is 13.8 Å². The van der Waals surface area contributed by atoms with Crippen molar-refractivity contribution in [1.29, 1.82) is 0 Å². The van der Waals surface area contributed by atoms with Crippen LogP contribution in [0.2, 0.25) is 0 Å². The van der Waals surface area contributed by atoms with E-state index in [0.29, 0.717) is 6.67 Å². The number of aryl methyl sites for hydroxylation is 2. The monoisotopic (exact) mass is 268 g/mol. The van der Waals surface area contributed by atoms with Gasteiger partial charge in [0.05, 0.1) is 5.69 Å². The molecule has 1 aliphatic heterocycles. The van der Waals surface area contributed by atoms with E-state index < -0.39 is 0 Å². The van der Waals surface area contributed by atoms with E-state index in [-0.39, 0.29) is 18.4 Å². The quantitative estimate of drug-likeness (QED) is 0.893. The summed E-state index contributed by atoms with van der Waals surface area (Å²) in [4.78, 5) is 18.0. The van der Waals surface area contributed by atoms with Crippen molar-refractivity contribution in [3.63, 3.8) is 0 Å². The molecule has 0 saturated carbocycles. The fraction of sp³-hybridized carbons (Fsp3) is 0.333. The van der Waals surface area contributed by atoms with Crippen LogP contribution in [0.15, 0.2) is 23.2 Å². The molecule has 18 heavy (non-hydrogen) atoms. The van der Waals surface area contributed by atoms with Crippen molar-refractivity contribution in [3.05, 3.63) is 29.3 Å². The first kappa shape index (κ1) is 14.5. The Morgan fingerprint density at radius 2 is 1.89 bits per heavy atom. The number of nitrogens with one attached hydrogen (secondary N) is 1. The van der Waals surface area contributed by atoms with Crippen LogP contribution in [0.3, 0.4) is 0 Å². The van der Waals surface area contributed by atoms with Crippen molar-refractivity contribution >= 4 is 30.5 Å². The van der Waals surface area contributed by atoms with E-state index in [1.165, 1.54) is 11.3 Å². The predicted molar refractivity (Wildman–Crippen MR) is 75.3 cm³/mol. The van der Waals surface area contributed by atoms with Gasteiger partial charge in [-0.25, -0.2) is 15.2 Å². The molecule has 0 unspecified atom stereocenters. The van der Waals surface area contributed by atoms with Gasteiger partial charge in [-0.2, -0.15) is 0 Å². The molecule has 0 bridgehead atoms. The summed E-state index contributed by atoms with van der Waals surface area (Å²) in [6.07, 6.45) is 1.51. The maximum Gasteiger partial charge on any atom is 0.345 e. The number of carbonyl (C=O) groups is 1. The van der Waals surface area contributed by atoms with Gasteiger partial charge in [0, 0.05) is 7.05 Å². The van der Waals surface area contributed by atoms with Crippen LogP contribution in [0.4, 0.5) is 10.5 Å². The standard InChI is InChI=1S/C12H16N4O.ClH/c1-9-5-4-6-10(2)11(9)15-7-14-8-16(13-3)12(15)17;/h4-6,8,13H,7H2,1-3H3;1H. The molecule has 2 rings (SSSR count). The first-order chi connectivity index (χ1) is 8.15. The van der Waals surface area contributed by atoms with Crippen molar-refractivity contribution in [1.82, 2.24) is 10.4 Å². The van der Waals surface area contributed by atoms with Crippen molar-refractivity contribution in [2.24, 2.45) is 4.99 Å². The van der Waals surface area contributed by atoms with Crippen molar-refractivity contribution < 1.29 is 4.79 Å². The highest BCUT2D eigenvalue weighted by Gasteiger charge is 2.25. The number of amides is 2. The number of hydrogen-bond donors (Lipinski definition) is 1. The normalized spacial score (nSPS) is 14.7. The van der Waals surface area contributed by atoms with E-state index in [0.717, 1.165) is 16.8 Å². The molecule has 1 aromatic rings. The highest BCUT2D eigenvalue weighted by atomic mass is 35.5. The first-order valence-electron chi connectivity index (χ1n) is 5.49. The Balaban J connectivity index is 0.00000162. The summed E-state index contributed by atoms with van der Waals surface area (Å²) in [5.41, 5.74) is 5.88. The van der Waals surface area contributed by atoms with Gasteiger partial charge in [-0.05, 0) is 25.0 Å². The number of para-hydroxylation sites is 1. The highest BCUT2D eigenvalue weighted by Crippen LogP contribution is 2.26. The van der Waals surface area contributed by atoms with E-state index in [4.69, 9.17) is 0 Å². The number of rotatable bonds is 2. The van der Waals surface area contributed by atoms with Crippen LogP contribution < -0.4 is 10.3 Å². The van der Waals surface area contributed by atoms with Gasteiger partial charge in [-0.15, -0.1) is 12.4 Å². The third-order valence-corrected chi connectivity index (χ3v) is 2.81. The molecule has 2 amide bonds. The zero-order valence-corrected chi connectivity index (χ0v) is 11.5. The van der Waals surface area contributed by atoms with Gasteiger partial charge in [0.25, 0.3) is 0 Å². The van der Waals surface area contributed by atoms with Crippen molar-refractivity contribution in [2.45, 2.75) is 13.8 Å². The molecule has 0 atom stereocenters. The van der Waals surface area contributed by atoms with E-state index in [2.05, 4.69) is 10.4 Å². The number of hydrazine groups is 1. The van der Waals surface area contributed by atoms with E-state index in [1.807, 2.05) is 32.0 Å². The Bertz CT molecular complexity index is 455. The molecule has 0 aliphatic carbocycles. The molecule has 0 fully saturated rings. The van der Waals surface area contributed by atoms with Gasteiger partial charge in [0.15, 0.2) is 0 Å². The van der Waals surface area contributed by atoms with Gasteiger partial charge in [0.2, 0.25) is 0 Å². The molecule has 98 valence electrons. The predicted octanol–water partition coefficient (Wildman–Crippen LogP) is 2.09. The fourth-order valence-corrected chi connectivity index (χ4v) is 1.99. The number of aliphatic imine (C=N–C) groups is 1. The lowest BCUT2D eigenvalue weighted by Gasteiger charge is -2.31. The Morgan fingerprint density at radius 3 is 2.44 bits per heavy atom. The lowest BCUT2D eigenvalue weighted by molar-refractivity contribution is 0.216. The first-order valence-corrected chi connectivity index (χ1v) is 5.49. The third kappa shape index (κ3) is 2.47. The minimum atomic E-state index is -0.111. The molecule has 6 heteroatoms. The summed E-state index contributed by atoms with van der Waals surface area (Å²) in [6.45, 7) is 4.36. The molecular weight excluding hydrogens is 252 g/mol. The van der Waals surface area contributed by atoms with Crippen LogP contribution in [-0.2, 0) is 0 Å². The highest BCUT2D eigenvalue weighted by molar-refractivity contribution is 6.00. The van der Waals surface area contributed by atoms with Gasteiger partial charge >= 0.3 is 6.03 Å². The minimum Gasteiger partial charge on any atom is -0.272 e. The smallest absolute Gasteiger partial charge is 0.272 e. The average Bonchev–Trinajstić information content (AvgIpc) is 2.31. The number of benzene rings is 1. The average molecular weight is 269 g/mol. The van der Waals surface area contributed by atoms with E-state index in [1.54, 1.807) is 11.9 Å². The molecule has 0 aromatic heterocycles. The number of hydrogen-bond acceptors (Lipinski definition) is 3.